The van der Waals surface area contributed by atoms with E-state index in [0.717, 1.165) is 96.7 Å². The SMILES string of the molecule is O=C1CCC(N2C(=O)c3cc(F)c(N4CCN(CC5CCN(CCOc6ccc(C(=C(CCCl)c7ccccc7)c7ccc(O)cc7)cc6)CC5)CC4)cc3C2=O)C(=O)N1. The zero-order chi connectivity index (χ0) is 41.8. The number of nitrogens with one attached hydrogen (secondary N) is 1. The van der Waals surface area contributed by atoms with Gasteiger partial charge in [0.05, 0.1) is 16.8 Å². The molecule has 0 saturated carbocycles. The van der Waals surface area contributed by atoms with Gasteiger partial charge in [-0.2, -0.15) is 0 Å². The zero-order valence-electron chi connectivity index (χ0n) is 33.5. The lowest BCUT2D eigenvalue weighted by atomic mass is 9.88. The van der Waals surface area contributed by atoms with Gasteiger partial charge in [-0.1, -0.05) is 54.6 Å². The smallest absolute Gasteiger partial charge is 0.262 e. The highest BCUT2D eigenvalue weighted by atomic mass is 35.5. The molecule has 0 bridgehead atoms. The van der Waals surface area contributed by atoms with E-state index in [0.29, 0.717) is 37.9 Å². The minimum atomic E-state index is -1.09. The van der Waals surface area contributed by atoms with E-state index in [4.69, 9.17) is 16.3 Å². The third-order valence-corrected chi connectivity index (χ3v) is 12.4. The Morgan fingerprint density at radius 1 is 0.767 bits per heavy atom. The summed E-state index contributed by atoms with van der Waals surface area (Å²) in [4.78, 5) is 58.2. The predicted octanol–water partition coefficient (Wildman–Crippen LogP) is 6.43. The van der Waals surface area contributed by atoms with E-state index < -0.39 is 35.5 Å². The number of allylic oxidation sites excluding steroid dienone is 1. The van der Waals surface area contributed by atoms with Crippen molar-refractivity contribution in [2.45, 2.75) is 38.1 Å². The maximum atomic E-state index is 15.4. The second-order valence-corrected chi connectivity index (χ2v) is 16.3. The van der Waals surface area contributed by atoms with Crippen LogP contribution in [0.5, 0.6) is 11.5 Å². The Hall–Kier alpha value is -5.56. The molecule has 13 heteroatoms. The summed E-state index contributed by atoms with van der Waals surface area (Å²) in [6.07, 6.45) is 2.94. The van der Waals surface area contributed by atoms with Crippen molar-refractivity contribution >= 4 is 52.1 Å². The number of rotatable bonds is 13. The third-order valence-electron chi connectivity index (χ3n) is 12.2. The molecule has 0 radical (unpaired) electrons. The van der Waals surface area contributed by atoms with E-state index in [1.807, 2.05) is 47.4 Å². The van der Waals surface area contributed by atoms with E-state index in [9.17, 15) is 24.3 Å². The standard InChI is InChI=1S/C47H49ClFN5O6/c48-19-16-37(32-4-2-1-3-5-32)44(33-6-10-35(55)11-7-33)34-8-12-36(13-9-34)60-27-26-51-20-17-31(18-21-51)30-52-22-24-53(25-23-52)42-29-39-38(28-40(42)49)46(58)54(47(39)59)41-14-15-43(56)50-45(41)57/h1-13,28-29,31,41,55H,14-27,30H2,(H,50,56,57). The molecule has 4 aliphatic rings. The largest absolute Gasteiger partial charge is 0.508 e. The van der Waals surface area contributed by atoms with Gasteiger partial charge in [0.25, 0.3) is 11.8 Å². The minimum Gasteiger partial charge on any atom is -0.508 e. The number of ether oxygens (including phenoxy) is 1. The Morgan fingerprint density at radius 2 is 1.42 bits per heavy atom. The van der Waals surface area contributed by atoms with Crippen LogP contribution in [0.4, 0.5) is 10.1 Å². The molecule has 3 fully saturated rings. The molecule has 0 spiro atoms. The number of benzene rings is 4. The number of phenolic OH excluding ortho intramolecular Hbond substituents is 1. The molecule has 8 rings (SSSR count). The molecule has 60 heavy (non-hydrogen) atoms. The fourth-order valence-corrected chi connectivity index (χ4v) is 9.14. The number of carbonyl (C=O) groups is 4. The van der Waals surface area contributed by atoms with Crippen LogP contribution in [-0.4, -0.2) is 114 Å². The molecule has 4 aromatic carbocycles. The molecule has 3 saturated heterocycles. The highest BCUT2D eigenvalue weighted by Crippen LogP contribution is 2.37. The highest BCUT2D eigenvalue weighted by Gasteiger charge is 2.45. The number of carbonyl (C=O) groups excluding carboxylic acids is 4. The molecule has 4 amide bonds. The van der Waals surface area contributed by atoms with Gasteiger partial charge in [-0.3, -0.25) is 39.2 Å². The maximum absolute atomic E-state index is 15.4. The van der Waals surface area contributed by atoms with E-state index in [1.165, 1.54) is 6.07 Å². The van der Waals surface area contributed by atoms with Crippen molar-refractivity contribution in [3.05, 3.63) is 125 Å². The number of likely N-dealkylation sites (tertiary alicyclic amines) is 1. The number of fused-ring (bicyclic) bond motifs is 1. The average Bonchev–Trinajstić information content (AvgIpc) is 3.49. The average molecular weight is 834 g/mol. The number of piperazine rings is 1. The Labute approximate surface area is 354 Å². The molecular formula is C47H49ClFN5O6. The quantitative estimate of drug-likeness (QED) is 0.0892. The Morgan fingerprint density at radius 3 is 2.07 bits per heavy atom. The summed E-state index contributed by atoms with van der Waals surface area (Å²) >= 11 is 6.32. The van der Waals surface area contributed by atoms with Crippen LogP contribution in [0.15, 0.2) is 91.0 Å². The van der Waals surface area contributed by atoms with Gasteiger partial charge in [0.15, 0.2) is 0 Å². The minimum absolute atomic E-state index is 0.0238. The van der Waals surface area contributed by atoms with Crippen LogP contribution in [0, 0.1) is 11.7 Å². The summed E-state index contributed by atoms with van der Waals surface area (Å²) < 4.78 is 21.7. The lowest BCUT2D eigenvalue weighted by Gasteiger charge is -2.39. The lowest BCUT2D eigenvalue weighted by Crippen LogP contribution is -2.54. The molecule has 11 nitrogen and oxygen atoms in total. The number of hydrogen-bond donors (Lipinski definition) is 2. The molecule has 0 aliphatic carbocycles. The molecule has 1 unspecified atom stereocenters. The number of aromatic hydroxyl groups is 1. The zero-order valence-corrected chi connectivity index (χ0v) is 34.2. The van der Waals surface area contributed by atoms with Crippen molar-refractivity contribution in [3.8, 4) is 11.5 Å². The van der Waals surface area contributed by atoms with Gasteiger partial charge in [0.2, 0.25) is 11.8 Å². The van der Waals surface area contributed by atoms with Crippen molar-refractivity contribution in [1.29, 1.82) is 0 Å². The topological polar surface area (TPSA) is 123 Å². The third kappa shape index (κ3) is 8.96. The van der Waals surface area contributed by atoms with Crippen LogP contribution in [0.3, 0.4) is 0 Å². The molecule has 2 N–H and O–H groups in total. The van der Waals surface area contributed by atoms with Gasteiger partial charge < -0.3 is 14.7 Å². The molecule has 1 atom stereocenters. The number of anilines is 1. The number of phenols is 1. The number of amides is 4. The van der Waals surface area contributed by atoms with Gasteiger partial charge in [0, 0.05) is 51.6 Å². The maximum Gasteiger partial charge on any atom is 0.262 e. The molecule has 4 heterocycles. The highest BCUT2D eigenvalue weighted by molar-refractivity contribution is 6.24. The first kappa shape index (κ1) is 41.2. The van der Waals surface area contributed by atoms with Crippen LogP contribution >= 0.6 is 11.6 Å². The van der Waals surface area contributed by atoms with Gasteiger partial charge >= 0.3 is 0 Å². The van der Waals surface area contributed by atoms with Crippen LogP contribution in [0.1, 0.15) is 69.5 Å². The van der Waals surface area contributed by atoms with Gasteiger partial charge in [-0.05, 0) is 109 Å². The number of halogens is 2. The number of piperidine rings is 2. The van der Waals surface area contributed by atoms with Crippen molar-refractivity contribution in [2.24, 2.45) is 5.92 Å². The van der Waals surface area contributed by atoms with Crippen LogP contribution in [-0.2, 0) is 9.59 Å². The van der Waals surface area contributed by atoms with E-state index in [2.05, 4.69) is 39.4 Å². The Bertz CT molecular complexity index is 2250. The lowest BCUT2D eigenvalue weighted by molar-refractivity contribution is -0.136. The van der Waals surface area contributed by atoms with Crippen LogP contribution < -0.4 is 15.0 Å². The van der Waals surface area contributed by atoms with Crippen LogP contribution in [0.2, 0.25) is 0 Å². The Kier molecular flexibility index (Phi) is 12.6. The first-order chi connectivity index (χ1) is 29.2. The molecular weight excluding hydrogens is 785 g/mol. The Balaban J connectivity index is 0.802. The summed E-state index contributed by atoms with van der Waals surface area (Å²) in [6, 6.07) is 27.2. The van der Waals surface area contributed by atoms with Crippen molar-refractivity contribution in [3.63, 3.8) is 0 Å². The summed E-state index contributed by atoms with van der Waals surface area (Å²) in [6.45, 7) is 7.08. The number of nitrogens with zero attached hydrogens (tertiary/aromatic N) is 4. The van der Waals surface area contributed by atoms with Gasteiger partial charge in [0.1, 0.15) is 30.0 Å². The number of alkyl halides is 1. The van der Waals surface area contributed by atoms with Crippen LogP contribution in [0.25, 0.3) is 11.1 Å². The van der Waals surface area contributed by atoms with Crippen molar-refractivity contribution in [2.75, 3.05) is 69.7 Å². The van der Waals surface area contributed by atoms with E-state index in [-0.39, 0.29) is 35.4 Å². The second kappa shape index (κ2) is 18.4. The predicted molar refractivity (Wildman–Crippen MR) is 229 cm³/mol. The van der Waals surface area contributed by atoms with Gasteiger partial charge in [-0.15, -0.1) is 11.6 Å². The van der Waals surface area contributed by atoms with Crippen molar-refractivity contribution in [1.82, 2.24) is 20.0 Å². The normalized spacial score (nSPS) is 19.7. The molecule has 4 aliphatic heterocycles. The first-order valence-electron chi connectivity index (χ1n) is 20.8. The molecule has 4 aromatic rings. The van der Waals surface area contributed by atoms with E-state index in [1.54, 1.807) is 12.1 Å². The van der Waals surface area contributed by atoms with Gasteiger partial charge in [-0.25, -0.2) is 4.39 Å². The second-order valence-electron chi connectivity index (χ2n) is 15.9. The summed E-state index contributed by atoms with van der Waals surface area (Å²) in [5.41, 5.74) is 5.69. The fraction of sp³-hybridized carbons (Fsp3) is 0.362. The fourth-order valence-electron chi connectivity index (χ4n) is 8.95. The summed E-state index contributed by atoms with van der Waals surface area (Å²) in [7, 11) is 0. The molecule has 0 aromatic heterocycles. The van der Waals surface area contributed by atoms with E-state index >= 15 is 4.39 Å². The monoisotopic (exact) mass is 833 g/mol. The number of hydrogen-bond acceptors (Lipinski definition) is 9. The number of imide groups is 2. The molecule has 312 valence electrons. The first-order valence-corrected chi connectivity index (χ1v) is 21.3. The summed E-state index contributed by atoms with van der Waals surface area (Å²) in [5, 5.41) is 12.2. The summed E-state index contributed by atoms with van der Waals surface area (Å²) in [5.74, 6) is -0.984. The van der Waals surface area contributed by atoms with Crippen molar-refractivity contribution < 1.29 is 33.4 Å².